The first-order valence-electron chi connectivity index (χ1n) is 8.44. The van der Waals surface area contributed by atoms with E-state index < -0.39 is 0 Å². The summed E-state index contributed by atoms with van der Waals surface area (Å²) in [5.41, 5.74) is 7.95. The third-order valence-electron chi connectivity index (χ3n) is 4.92. The molecule has 8 bridgehead atoms. The molecule has 0 aromatic carbocycles. The van der Waals surface area contributed by atoms with Crippen LogP contribution in [0.5, 0.6) is 0 Å². The number of aliphatic imine (C=N–C) groups is 2. The number of hydrogen-bond acceptors (Lipinski definition) is 2. The molecule has 4 nitrogen and oxygen atoms in total. The van der Waals surface area contributed by atoms with Gasteiger partial charge in [-0.1, -0.05) is 0 Å². The van der Waals surface area contributed by atoms with Crippen LogP contribution in [0.25, 0.3) is 23.5 Å². The van der Waals surface area contributed by atoms with Gasteiger partial charge >= 0.3 is 0 Å². The first-order valence-corrected chi connectivity index (χ1v) is 8.44. The SMILES string of the molecule is CC1(C)C2=N/C(=C\c3ccc([nH]3)-c3ccc([nH]3)/C=C3/C=CC1=N3)C=C2. The maximum Gasteiger partial charge on any atom is 0.0654 e. The zero-order valence-corrected chi connectivity index (χ0v) is 14.2. The zero-order valence-electron chi connectivity index (χ0n) is 14.2. The lowest BCUT2D eigenvalue weighted by molar-refractivity contribution is 0.736. The Bertz CT molecular complexity index is 977. The summed E-state index contributed by atoms with van der Waals surface area (Å²) in [5, 5.41) is 0. The number of H-pyrrole nitrogens is 2. The van der Waals surface area contributed by atoms with E-state index in [1.165, 1.54) is 0 Å². The van der Waals surface area contributed by atoms with Gasteiger partial charge in [-0.25, -0.2) is 0 Å². The standard InChI is InChI=1S/C21H18N4/c1-21(2)19-9-5-15(24-19)11-13-3-7-17(22-13)18-8-4-14(23-18)12-16-6-10-20(21)25-16/h3-12,22-23H,1-2H3/b15-11-,16-12-. The van der Waals surface area contributed by atoms with Gasteiger partial charge in [0.2, 0.25) is 0 Å². The first-order chi connectivity index (χ1) is 12.1. The van der Waals surface area contributed by atoms with Crippen LogP contribution in [0.15, 0.2) is 69.9 Å². The Morgan fingerprint density at radius 3 is 1.64 bits per heavy atom. The highest BCUT2D eigenvalue weighted by Crippen LogP contribution is 2.31. The van der Waals surface area contributed by atoms with Crippen molar-refractivity contribution in [1.82, 2.24) is 9.97 Å². The zero-order chi connectivity index (χ0) is 17.0. The largest absolute Gasteiger partial charge is 0.354 e. The highest BCUT2D eigenvalue weighted by molar-refractivity contribution is 6.21. The molecular weight excluding hydrogens is 308 g/mol. The van der Waals surface area contributed by atoms with Crippen molar-refractivity contribution in [3.05, 3.63) is 71.4 Å². The van der Waals surface area contributed by atoms with Crippen molar-refractivity contribution in [1.29, 1.82) is 0 Å². The lowest BCUT2D eigenvalue weighted by atomic mass is 9.82. The summed E-state index contributed by atoms with van der Waals surface area (Å²) in [6.07, 6.45) is 12.5. The maximum atomic E-state index is 4.82. The molecule has 0 saturated carbocycles. The molecule has 0 radical (unpaired) electrons. The van der Waals surface area contributed by atoms with Crippen molar-refractivity contribution in [2.75, 3.05) is 0 Å². The van der Waals surface area contributed by atoms with Crippen LogP contribution in [-0.2, 0) is 0 Å². The summed E-state index contributed by atoms with van der Waals surface area (Å²) in [7, 11) is 0. The third kappa shape index (κ3) is 2.30. The molecule has 0 fully saturated rings. The van der Waals surface area contributed by atoms with Gasteiger partial charge in [0.05, 0.1) is 34.2 Å². The van der Waals surface area contributed by atoms with Crippen LogP contribution in [-0.4, -0.2) is 21.4 Å². The van der Waals surface area contributed by atoms with E-state index in [1.807, 2.05) is 0 Å². The molecule has 122 valence electrons. The van der Waals surface area contributed by atoms with E-state index in [1.54, 1.807) is 0 Å². The average Bonchev–Trinajstić information content (AvgIpc) is 3.34. The molecule has 0 saturated heterocycles. The van der Waals surface area contributed by atoms with Crippen molar-refractivity contribution in [2.45, 2.75) is 13.8 Å². The number of fused-ring (bicyclic) bond motifs is 7. The Hall–Kier alpha value is -3.14. The number of aromatic nitrogens is 2. The highest BCUT2D eigenvalue weighted by Gasteiger charge is 2.31. The summed E-state index contributed by atoms with van der Waals surface area (Å²) < 4.78 is 0. The highest BCUT2D eigenvalue weighted by atomic mass is 14.9. The van der Waals surface area contributed by atoms with Crippen molar-refractivity contribution >= 4 is 23.6 Å². The number of nitrogens with one attached hydrogen (secondary N) is 2. The monoisotopic (exact) mass is 326 g/mol. The van der Waals surface area contributed by atoms with Gasteiger partial charge < -0.3 is 9.97 Å². The van der Waals surface area contributed by atoms with Gasteiger partial charge in [-0.15, -0.1) is 0 Å². The van der Waals surface area contributed by atoms with E-state index >= 15 is 0 Å². The smallest absolute Gasteiger partial charge is 0.0654 e. The van der Waals surface area contributed by atoms with Crippen LogP contribution in [0.2, 0.25) is 0 Å². The van der Waals surface area contributed by atoms with Gasteiger partial charge in [-0.05, 0) is 74.6 Å². The molecule has 0 unspecified atom stereocenters. The molecule has 2 aromatic heterocycles. The maximum absolute atomic E-state index is 4.82. The van der Waals surface area contributed by atoms with Crippen LogP contribution in [0.3, 0.4) is 0 Å². The molecule has 4 heteroatoms. The minimum absolute atomic E-state index is 0.236. The fourth-order valence-corrected chi connectivity index (χ4v) is 3.37. The van der Waals surface area contributed by atoms with Gasteiger partial charge in [0.1, 0.15) is 0 Å². The van der Waals surface area contributed by atoms with Crippen LogP contribution in [0, 0.1) is 5.41 Å². The molecule has 2 N–H and O–H groups in total. The van der Waals surface area contributed by atoms with Crippen molar-refractivity contribution < 1.29 is 0 Å². The number of hydrogen-bond donors (Lipinski definition) is 2. The molecule has 25 heavy (non-hydrogen) atoms. The molecule has 0 amide bonds. The second-order valence-electron chi connectivity index (χ2n) is 7.08. The molecule has 5 heterocycles. The predicted molar refractivity (Wildman–Crippen MR) is 103 cm³/mol. The topological polar surface area (TPSA) is 56.3 Å². The van der Waals surface area contributed by atoms with E-state index in [-0.39, 0.29) is 5.41 Å². The fourth-order valence-electron chi connectivity index (χ4n) is 3.37. The molecule has 5 rings (SSSR count). The number of aromatic amines is 2. The van der Waals surface area contributed by atoms with Gasteiger partial charge in [-0.3, -0.25) is 9.98 Å². The molecule has 0 atom stereocenters. The average molecular weight is 326 g/mol. The molecule has 0 aliphatic carbocycles. The number of nitrogens with zero attached hydrogens (tertiary/aromatic N) is 2. The van der Waals surface area contributed by atoms with E-state index in [0.29, 0.717) is 0 Å². The summed E-state index contributed by atoms with van der Waals surface area (Å²) in [6.45, 7) is 4.34. The van der Waals surface area contributed by atoms with Crippen molar-refractivity contribution in [3.63, 3.8) is 0 Å². The summed E-state index contributed by atoms with van der Waals surface area (Å²) in [5.74, 6) is 0. The van der Waals surface area contributed by atoms with Gasteiger partial charge in [0.25, 0.3) is 0 Å². The molecule has 2 aromatic rings. The number of allylic oxidation sites excluding steroid dienone is 4. The number of rotatable bonds is 0. The molecule has 3 aliphatic heterocycles. The van der Waals surface area contributed by atoms with Gasteiger partial charge in [0, 0.05) is 16.8 Å². The molecule has 0 spiro atoms. The van der Waals surface area contributed by atoms with Gasteiger partial charge in [-0.2, -0.15) is 0 Å². The quantitative estimate of drug-likeness (QED) is 0.702. The van der Waals surface area contributed by atoms with Crippen LogP contribution in [0.1, 0.15) is 25.2 Å². The van der Waals surface area contributed by atoms with E-state index in [0.717, 1.165) is 45.6 Å². The lowest BCUT2D eigenvalue weighted by Gasteiger charge is -2.22. The fraction of sp³-hybridized carbons (Fsp3) is 0.143. The summed E-state index contributed by atoms with van der Waals surface area (Å²) >= 11 is 0. The third-order valence-corrected chi connectivity index (χ3v) is 4.92. The van der Waals surface area contributed by atoms with Crippen LogP contribution in [0.4, 0.5) is 0 Å². The van der Waals surface area contributed by atoms with Crippen molar-refractivity contribution in [3.8, 4) is 11.4 Å². The Morgan fingerprint density at radius 2 is 1.16 bits per heavy atom. The second-order valence-corrected chi connectivity index (χ2v) is 7.08. The van der Waals surface area contributed by atoms with E-state index in [4.69, 9.17) is 9.98 Å². The normalized spacial score (nSPS) is 23.9. The Labute approximate surface area is 146 Å². The minimum atomic E-state index is -0.236. The first kappa shape index (κ1) is 14.2. The van der Waals surface area contributed by atoms with Gasteiger partial charge in [0.15, 0.2) is 0 Å². The van der Waals surface area contributed by atoms with Crippen LogP contribution < -0.4 is 0 Å². The lowest BCUT2D eigenvalue weighted by Crippen LogP contribution is -2.30. The summed E-state index contributed by atoms with van der Waals surface area (Å²) in [6, 6.07) is 8.32. The Balaban J connectivity index is 1.72. The Morgan fingerprint density at radius 1 is 0.680 bits per heavy atom. The minimum Gasteiger partial charge on any atom is -0.354 e. The van der Waals surface area contributed by atoms with Crippen molar-refractivity contribution in [2.24, 2.45) is 15.4 Å². The Kier molecular flexibility index (Phi) is 2.80. The van der Waals surface area contributed by atoms with E-state index in [2.05, 4.69) is 84.5 Å². The second kappa shape index (κ2) is 4.93. The van der Waals surface area contributed by atoms with Crippen LogP contribution >= 0.6 is 0 Å². The summed E-state index contributed by atoms with van der Waals surface area (Å²) in [4.78, 5) is 16.5. The van der Waals surface area contributed by atoms with E-state index in [9.17, 15) is 0 Å². The predicted octanol–water partition coefficient (Wildman–Crippen LogP) is 4.75. The molecule has 3 aliphatic rings. The molecular formula is C21H18N4.